The standard InChI is InChI=1S/C23H25ClN2O6/c1-29-16-3-4-17(19(14-16)30-2)23(28)26-7-5-25(6-8-26)21(27)13-15-11-18(24)22-20(12-15)31-9-10-32-22/h3-4,11-12,14H,5-10,13H2,1-2H3. The van der Waals surface area contributed by atoms with E-state index in [-0.39, 0.29) is 18.2 Å². The zero-order valence-electron chi connectivity index (χ0n) is 18.1. The van der Waals surface area contributed by atoms with Gasteiger partial charge in [0.15, 0.2) is 11.5 Å². The van der Waals surface area contributed by atoms with Gasteiger partial charge in [0.25, 0.3) is 5.91 Å². The van der Waals surface area contributed by atoms with E-state index in [1.54, 1.807) is 47.2 Å². The molecular weight excluding hydrogens is 436 g/mol. The van der Waals surface area contributed by atoms with Crippen LogP contribution in [0.15, 0.2) is 30.3 Å². The highest BCUT2D eigenvalue weighted by Gasteiger charge is 2.27. The highest BCUT2D eigenvalue weighted by atomic mass is 35.5. The lowest BCUT2D eigenvalue weighted by Crippen LogP contribution is -2.51. The van der Waals surface area contributed by atoms with Gasteiger partial charge < -0.3 is 28.7 Å². The fourth-order valence-corrected chi connectivity index (χ4v) is 4.15. The summed E-state index contributed by atoms with van der Waals surface area (Å²) in [7, 11) is 3.08. The lowest BCUT2D eigenvalue weighted by Gasteiger charge is -2.35. The average molecular weight is 461 g/mol. The molecule has 170 valence electrons. The summed E-state index contributed by atoms with van der Waals surface area (Å²) < 4.78 is 21.7. The van der Waals surface area contributed by atoms with E-state index in [0.717, 1.165) is 5.56 Å². The van der Waals surface area contributed by atoms with Crippen LogP contribution in [0.5, 0.6) is 23.0 Å². The molecule has 2 aliphatic rings. The molecule has 0 saturated carbocycles. The number of benzene rings is 2. The van der Waals surface area contributed by atoms with Crippen molar-refractivity contribution in [3.8, 4) is 23.0 Å². The van der Waals surface area contributed by atoms with E-state index >= 15 is 0 Å². The molecule has 2 aromatic rings. The van der Waals surface area contributed by atoms with E-state index in [4.69, 9.17) is 30.5 Å². The monoisotopic (exact) mass is 460 g/mol. The number of fused-ring (bicyclic) bond motifs is 1. The van der Waals surface area contributed by atoms with Crippen LogP contribution in [-0.4, -0.2) is 75.2 Å². The Balaban J connectivity index is 1.37. The zero-order chi connectivity index (χ0) is 22.7. The maximum Gasteiger partial charge on any atom is 0.257 e. The van der Waals surface area contributed by atoms with Crippen molar-refractivity contribution in [3.05, 3.63) is 46.5 Å². The number of hydrogen-bond acceptors (Lipinski definition) is 6. The summed E-state index contributed by atoms with van der Waals surface area (Å²) in [5.74, 6) is 2.02. The van der Waals surface area contributed by atoms with Crippen molar-refractivity contribution >= 4 is 23.4 Å². The normalized spacial score (nSPS) is 15.3. The SMILES string of the molecule is COc1ccc(C(=O)N2CCN(C(=O)Cc3cc(Cl)c4c(c3)OCCO4)CC2)c(OC)c1. The molecule has 1 fully saturated rings. The Kier molecular flexibility index (Phi) is 6.60. The van der Waals surface area contributed by atoms with Crippen molar-refractivity contribution in [2.45, 2.75) is 6.42 Å². The first-order valence-corrected chi connectivity index (χ1v) is 10.7. The lowest BCUT2D eigenvalue weighted by atomic mass is 10.1. The van der Waals surface area contributed by atoms with Gasteiger partial charge in [0.05, 0.1) is 31.2 Å². The van der Waals surface area contributed by atoms with E-state index in [1.165, 1.54) is 7.11 Å². The Hall–Kier alpha value is -3.13. The molecule has 0 N–H and O–H groups in total. The van der Waals surface area contributed by atoms with Crippen LogP contribution < -0.4 is 18.9 Å². The molecule has 2 aliphatic heterocycles. The third-order valence-corrected chi connectivity index (χ3v) is 5.85. The van der Waals surface area contributed by atoms with Gasteiger partial charge in [-0.25, -0.2) is 0 Å². The van der Waals surface area contributed by atoms with Gasteiger partial charge >= 0.3 is 0 Å². The quantitative estimate of drug-likeness (QED) is 0.682. The van der Waals surface area contributed by atoms with Gasteiger partial charge in [-0.1, -0.05) is 11.6 Å². The molecule has 9 heteroatoms. The number of halogens is 1. The molecule has 0 bridgehead atoms. The number of ether oxygens (including phenoxy) is 4. The topological polar surface area (TPSA) is 77.5 Å². The lowest BCUT2D eigenvalue weighted by molar-refractivity contribution is -0.131. The molecule has 4 rings (SSSR count). The Bertz CT molecular complexity index is 1020. The van der Waals surface area contributed by atoms with Gasteiger partial charge in [-0.2, -0.15) is 0 Å². The molecule has 0 spiro atoms. The van der Waals surface area contributed by atoms with E-state index < -0.39 is 0 Å². The number of nitrogens with zero attached hydrogens (tertiary/aromatic N) is 2. The molecule has 0 aliphatic carbocycles. The summed E-state index contributed by atoms with van der Waals surface area (Å²) in [5.41, 5.74) is 1.24. The minimum Gasteiger partial charge on any atom is -0.497 e. The number of piperazine rings is 1. The largest absolute Gasteiger partial charge is 0.497 e. The maximum atomic E-state index is 13.0. The van der Waals surface area contributed by atoms with Crippen LogP contribution in [0.3, 0.4) is 0 Å². The molecule has 2 aromatic carbocycles. The number of carbonyl (C=O) groups excluding carboxylic acids is 2. The number of methoxy groups -OCH3 is 2. The summed E-state index contributed by atoms with van der Waals surface area (Å²) >= 11 is 6.28. The van der Waals surface area contributed by atoms with Gasteiger partial charge in [-0.15, -0.1) is 0 Å². The van der Waals surface area contributed by atoms with Crippen molar-refractivity contribution in [3.63, 3.8) is 0 Å². The predicted octanol–water partition coefficient (Wildman–Crippen LogP) is 2.66. The van der Waals surface area contributed by atoms with Gasteiger partial charge in [0.2, 0.25) is 5.91 Å². The Morgan fingerprint density at radius 1 is 0.969 bits per heavy atom. The number of amides is 2. The zero-order valence-corrected chi connectivity index (χ0v) is 18.8. The molecule has 2 amide bonds. The first-order chi connectivity index (χ1) is 15.5. The van der Waals surface area contributed by atoms with E-state index in [1.807, 2.05) is 0 Å². The summed E-state index contributed by atoms with van der Waals surface area (Å²) in [4.78, 5) is 29.3. The van der Waals surface area contributed by atoms with Gasteiger partial charge in [0, 0.05) is 32.2 Å². The molecule has 1 saturated heterocycles. The van der Waals surface area contributed by atoms with Crippen molar-refractivity contribution in [2.24, 2.45) is 0 Å². The molecule has 2 heterocycles. The van der Waals surface area contributed by atoms with Gasteiger partial charge in [0.1, 0.15) is 24.7 Å². The van der Waals surface area contributed by atoms with E-state index in [9.17, 15) is 9.59 Å². The van der Waals surface area contributed by atoms with Crippen LogP contribution in [-0.2, 0) is 11.2 Å². The molecule has 0 aromatic heterocycles. The summed E-state index contributed by atoms with van der Waals surface area (Å²) in [6.45, 7) is 2.72. The van der Waals surface area contributed by atoms with Crippen molar-refractivity contribution < 1.29 is 28.5 Å². The van der Waals surface area contributed by atoms with Crippen LogP contribution in [0.25, 0.3) is 0 Å². The Morgan fingerprint density at radius 2 is 1.69 bits per heavy atom. The third-order valence-electron chi connectivity index (χ3n) is 5.57. The summed E-state index contributed by atoms with van der Waals surface area (Å²) in [6, 6.07) is 8.65. The van der Waals surface area contributed by atoms with Crippen molar-refractivity contribution in [2.75, 3.05) is 53.6 Å². The Morgan fingerprint density at radius 3 is 2.41 bits per heavy atom. The number of hydrogen-bond donors (Lipinski definition) is 0. The van der Waals surface area contributed by atoms with Crippen molar-refractivity contribution in [1.29, 1.82) is 0 Å². The van der Waals surface area contributed by atoms with Crippen LogP contribution in [0.1, 0.15) is 15.9 Å². The minimum atomic E-state index is -0.129. The highest BCUT2D eigenvalue weighted by Crippen LogP contribution is 2.38. The minimum absolute atomic E-state index is 0.0214. The Labute approximate surface area is 191 Å². The second-order valence-corrected chi connectivity index (χ2v) is 7.93. The van der Waals surface area contributed by atoms with Gasteiger partial charge in [-0.05, 0) is 29.8 Å². The predicted molar refractivity (Wildman–Crippen MR) is 118 cm³/mol. The first kappa shape index (κ1) is 22.1. The van der Waals surface area contributed by atoms with Crippen LogP contribution in [0.2, 0.25) is 5.02 Å². The highest BCUT2D eigenvalue weighted by molar-refractivity contribution is 6.32. The fourth-order valence-electron chi connectivity index (χ4n) is 3.86. The number of carbonyl (C=O) groups is 2. The maximum absolute atomic E-state index is 13.0. The molecule has 8 nitrogen and oxygen atoms in total. The molecule has 0 unspecified atom stereocenters. The molecule has 32 heavy (non-hydrogen) atoms. The van der Waals surface area contributed by atoms with Crippen LogP contribution >= 0.6 is 11.6 Å². The molecule has 0 atom stereocenters. The first-order valence-electron chi connectivity index (χ1n) is 10.4. The molecular formula is C23H25ClN2O6. The summed E-state index contributed by atoms with van der Waals surface area (Å²) in [5, 5.41) is 0.439. The third kappa shape index (κ3) is 4.55. The number of rotatable bonds is 5. The van der Waals surface area contributed by atoms with Crippen LogP contribution in [0.4, 0.5) is 0 Å². The van der Waals surface area contributed by atoms with E-state index in [2.05, 4.69) is 0 Å². The van der Waals surface area contributed by atoms with Gasteiger partial charge in [-0.3, -0.25) is 9.59 Å². The molecule has 0 radical (unpaired) electrons. The fraction of sp³-hybridized carbons (Fsp3) is 0.391. The second kappa shape index (κ2) is 9.56. The van der Waals surface area contributed by atoms with E-state index in [0.29, 0.717) is 73.0 Å². The average Bonchev–Trinajstić information content (AvgIpc) is 2.83. The van der Waals surface area contributed by atoms with Crippen LogP contribution in [0, 0.1) is 0 Å². The summed E-state index contributed by atoms with van der Waals surface area (Å²) in [6.07, 6.45) is 0.205. The second-order valence-electron chi connectivity index (χ2n) is 7.52. The smallest absolute Gasteiger partial charge is 0.257 e. The van der Waals surface area contributed by atoms with Crippen molar-refractivity contribution in [1.82, 2.24) is 9.80 Å².